The maximum atomic E-state index is 12.7. The van der Waals surface area contributed by atoms with Gasteiger partial charge >= 0.3 is 0 Å². The average Bonchev–Trinajstić information content (AvgIpc) is 3.23. The van der Waals surface area contributed by atoms with Crippen molar-refractivity contribution in [3.05, 3.63) is 30.3 Å². The normalized spacial score (nSPS) is 21.4. The molecule has 1 aliphatic rings. The zero-order valence-corrected chi connectivity index (χ0v) is 14.5. The van der Waals surface area contributed by atoms with Crippen LogP contribution in [-0.4, -0.2) is 57.0 Å². The van der Waals surface area contributed by atoms with Gasteiger partial charge < -0.3 is 15.7 Å². The van der Waals surface area contributed by atoms with E-state index in [1.807, 2.05) is 44.2 Å². The van der Waals surface area contributed by atoms with Gasteiger partial charge in [-0.05, 0) is 11.1 Å². The third kappa shape index (κ3) is 4.02. The number of amides is 1. The molecule has 0 bridgehead atoms. The van der Waals surface area contributed by atoms with Gasteiger partial charge in [0.15, 0.2) is 6.04 Å². The molecule has 25 heavy (non-hydrogen) atoms. The molecule has 0 aliphatic carbocycles. The van der Waals surface area contributed by atoms with E-state index in [1.165, 1.54) is 4.80 Å². The van der Waals surface area contributed by atoms with Crippen molar-refractivity contribution in [1.29, 1.82) is 0 Å². The Morgan fingerprint density at radius 3 is 2.76 bits per heavy atom. The van der Waals surface area contributed by atoms with Crippen LogP contribution in [0.4, 0.5) is 0 Å². The van der Waals surface area contributed by atoms with Crippen LogP contribution >= 0.6 is 0 Å². The van der Waals surface area contributed by atoms with E-state index < -0.39 is 12.1 Å². The third-order valence-corrected chi connectivity index (χ3v) is 4.45. The molecule has 0 spiro atoms. The predicted octanol–water partition coefficient (Wildman–Crippen LogP) is 0.234. The predicted molar refractivity (Wildman–Crippen MR) is 92.5 cm³/mol. The van der Waals surface area contributed by atoms with Crippen molar-refractivity contribution in [2.75, 3.05) is 19.6 Å². The number of carbonyl (C=O) groups is 1. The molecule has 8 nitrogen and oxygen atoms in total. The molecule has 0 radical (unpaired) electrons. The molecule has 0 saturated carbocycles. The first-order valence-corrected chi connectivity index (χ1v) is 8.57. The summed E-state index contributed by atoms with van der Waals surface area (Å²) in [5.41, 5.74) is 0.858. The van der Waals surface area contributed by atoms with E-state index in [0.29, 0.717) is 25.5 Å². The van der Waals surface area contributed by atoms with Gasteiger partial charge in [0.05, 0.1) is 6.10 Å². The van der Waals surface area contributed by atoms with Gasteiger partial charge in [0.2, 0.25) is 11.7 Å². The number of nitrogens with zero attached hydrogens (tertiary/aromatic N) is 4. The zero-order valence-electron chi connectivity index (χ0n) is 14.5. The van der Waals surface area contributed by atoms with Crippen molar-refractivity contribution in [3.63, 3.8) is 0 Å². The summed E-state index contributed by atoms with van der Waals surface area (Å²) in [5, 5.41) is 28.4. The monoisotopic (exact) mass is 344 g/mol. The number of tetrazole rings is 1. The lowest BCUT2D eigenvalue weighted by atomic mass is 10.0. The maximum absolute atomic E-state index is 12.7. The lowest BCUT2D eigenvalue weighted by Gasteiger charge is -2.21. The Bertz CT molecular complexity index is 702. The molecule has 2 heterocycles. The van der Waals surface area contributed by atoms with E-state index in [-0.39, 0.29) is 17.7 Å². The average molecular weight is 344 g/mol. The first kappa shape index (κ1) is 17.5. The Morgan fingerprint density at radius 2 is 2.12 bits per heavy atom. The summed E-state index contributed by atoms with van der Waals surface area (Å²) < 4.78 is 0. The summed E-state index contributed by atoms with van der Waals surface area (Å²) in [5.74, 6) is 0.366. The molecule has 1 saturated heterocycles. The van der Waals surface area contributed by atoms with E-state index in [0.717, 1.165) is 5.56 Å². The number of nitrogens with one attached hydrogen (secondary N) is 2. The second kappa shape index (κ2) is 7.71. The summed E-state index contributed by atoms with van der Waals surface area (Å²) in [7, 11) is 0. The van der Waals surface area contributed by atoms with Gasteiger partial charge in [-0.3, -0.25) is 4.79 Å². The standard InChI is InChI=1S/C17H24N6O2/c1-11(2)15(17(25)19-9-13-8-18-10-14(13)24)23-21-16(20-22-23)12-6-4-3-5-7-12/h3-7,11,13-15,18,24H,8-10H2,1-2H3,(H,19,25). The van der Waals surface area contributed by atoms with E-state index >= 15 is 0 Å². The second-order valence-electron chi connectivity index (χ2n) is 6.72. The van der Waals surface area contributed by atoms with Crippen LogP contribution in [0.15, 0.2) is 30.3 Å². The minimum absolute atomic E-state index is 0.00412. The SMILES string of the molecule is CC(C)C(C(=O)NCC1CNCC1O)n1nnc(-c2ccccc2)n1. The molecule has 134 valence electrons. The van der Waals surface area contributed by atoms with Crippen LogP contribution in [-0.2, 0) is 4.79 Å². The van der Waals surface area contributed by atoms with Gasteiger partial charge in [-0.25, -0.2) is 0 Å². The molecule has 8 heteroatoms. The zero-order chi connectivity index (χ0) is 17.8. The van der Waals surface area contributed by atoms with Crippen LogP contribution in [0.2, 0.25) is 0 Å². The molecule has 1 aliphatic heterocycles. The summed E-state index contributed by atoms with van der Waals surface area (Å²) in [6, 6.07) is 9.00. The minimum Gasteiger partial charge on any atom is -0.391 e. The Balaban J connectivity index is 1.70. The van der Waals surface area contributed by atoms with Crippen molar-refractivity contribution >= 4 is 5.91 Å². The van der Waals surface area contributed by atoms with Gasteiger partial charge in [0, 0.05) is 31.1 Å². The first-order valence-electron chi connectivity index (χ1n) is 8.57. The number of rotatable bonds is 6. The molecule has 1 aromatic heterocycles. The number of aliphatic hydroxyl groups excluding tert-OH is 1. The van der Waals surface area contributed by atoms with Crippen LogP contribution in [0, 0.1) is 11.8 Å². The highest BCUT2D eigenvalue weighted by molar-refractivity contribution is 5.80. The van der Waals surface area contributed by atoms with Crippen LogP contribution < -0.4 is 10.6 Å². The molecule has 3 atom stereocenters. The highest BCUT2D eigenvalue weighted by atomic mass is 16.3. The second-order valence-corrected chi connectivity index (χ2v) is 6.72. The molecule has 1 aromatic carbocycles. The fraction of sp³-hybridized carbons (Fsp3) is 0.529. The Hall–Kier alpha value is -2.32. The van der Waals surface area contributed by atoms with E-state index in [1.54, 1.807) is 0 Å². The van der Waals surface area contributed by atoms with Crippen LogP contribution in [0.1, 0.15) is 19.9 Å². The van der Waals surface area contributed by atoms with Crippen LogP contribution in [0.3, 0.4) is 0 Å². The Morgan fingerprint density at radius 1 is 1.36 bits per heavy atom. The van der Waals surface area contributed by atoms with Crippen molar-refractivity contribution in [3.8, 4) is 11.4 Å². The van der Waals surface area contributed by atoms with Crippen LogP contribution in [0.25, 0.3) is 11.4 Å². The summed E-state index contributed by atoms with van der Waals surface area (Å²) in [4.78, 5) is 14.0. The Kier molecular flexibility index (Phi) is 5.40. The molecule has 1 amide bonds. The minimum atomic E-state index is -0.545. The Labute approximate surface area is 146 Å². The smallest absolute Gasteiger partial charge is 0.247 e. The van der Waals surface area contributed by atoms with E-state index in [2.05, 4.69) is 26.0 Å². The number of β-amino-alcohol motifs (C(OH)–C–C–N with tert-alkyl or cyclic N) is 1. The molecule has 3 unspecified atom stereocenters. The lowest BCUT2D eigenvalue weighted by molar-refractivity contribution is -0.126. The lowest BCUT2D eigenvalue weighted by Crippen LogP contribution is -2.40. The number of hydrogen-bond donors (Lipinski definition) is 3. The molecule has 3 N–H and O–H groups in total. The van der Waals surface area contributed by atoms with Gasteiger partial charge in [-0.2, -0.15) is 4.80 Å². The number of aromatic nitrogens is 4. The third-order valence-electron chi connectivity index (χ3n) is 4.45. The fourth-order valence-corrected chi connectivity index (χ4v) is 2.98. The topological polar surface area (TPSA) is 105 Å². The largest absolute Gasteiger partial charge is 0.391 e. The number of benzene rings is 1. The molecule has 3 rings (SSSR count). The number of hydrogen-bond acceptors (Lipinski definition) is 6. The van der Waals surface area contributed by atoms with Gasteiger partial charge in [0.1, 0.15) is 0 Å². The summed E-state index contributed by atoms with van der Waals surface area (Å²) in [6.45, 7) is 5.59. The maximum Gasteiger partial charge on any atom is 0.247 e. The van der Waals surface area contributed by atoms with Gasteiger partial charge in [-0.1, -0.05) is 44.2 Å². The summed E-state index contributed by atoms with van der Waals surface area (Å²) >= 11 is 0. The molecule has 1 fully saturated rings. The molecular formula is C17H24N6O2. The molecule has 2 aromatic rings. The fourth-order valence-electron chi connectivity index (χ4n) is 2.98. The van der Waals surface area contributed by atoms with Gasteiger partial charge in [-0.15, -0.1) is 10.2 Å². The number of aliphatic hydroxyl groups is 1. The summed E-state index contributed by atoms with van der Waals surface area (Å²) in [6.07, 6.45) is -0.424. The molecular weight excluding hydrogens is 320 g/mol. The first-order chi connectivity index (χ1) is 12.1. The van der Waals surface area contributed by atoms with Crippen molar-refractivity contribution in [2.24, 2.45) is 11.8 Å². The van der Waals surface area contributed by atoms with Gasteiger partial charge in [0.25, 0.3) is 0 Å². The number of carbonyl (C=O) groups excluding carboxylic acids is 1. The quantitative estimate of drug-likeness (QED) is 0.693. The van der Waals surface area contributed by atoms with Crippen LogP contribution in [0.5, 0.6) is 0 Å². The highest BCUT2D eigenvalue weighted by Gasteiger charge is 2.30. The highest BCUT2D eigenvalue weighted by Crippen LogP contribution is 2.19. The van der Waals surface area contributed by atoms with Crippen molar-refractivity contribution < 1.29 is 9.90 Å². The van der Waals surface area contributed by atoms with E-state index in [4.69, 9.17) is 0 Å². The van der Waals surface area contributed by atoms with E-state index in [9.17, 15) is 9.90 Å². The van der Waals surface area contributed by atoms with Crippen molar-refractivity contribution in [1.82, 2.24) is 30.8 Å². The van der Waals surface area contributed by atoms with Crippen molar-refractivity contribution in [2.45, 2.75) is 26.0 Å².